The minimum absolute atomic E-state index is 0.226. The number of β-amino-alcohol motifs (C(OH)–C–C–N with tert-alkyl or cyclic N) is 1. The highest BCUT2D eigenvalue weighted by Crippen LogP contribution is 2.31. The first-order valence-corrected chi connectivity index (χ1v) is 8.48. The van der Waals surface area contributed by atoms with Gasteiger partial charge in [0.15, 0.2) is 17.5 Å². The smallest absolute Gasteiger partial charge is 0.227 e. The van der Waals surface area contributed by atoms with Crippen LogP contribution in [0.4, 0.5) is 23.3 Å². The first kappa shape index (κ1) is 19.8. The van der Waals surface area contributed by atoms with Crippen LogP contribution in [0.5, 0.6) is 0 Å². The van der Waals surface area contributed by atoms with Crippen LogP contribution in [-0.4, -0.2) is 64.2 Å². The number of aromatic nitrogens is 2. The van der Waals surface area contributed by atoms with Crippen LogP contribution in [0.25, 0.3) is 0 Å². The lowest BCUT2D eigenvalue weighted by atomic mass is 10.1. The monoisotopic (exact) mass is 366 g/mol. The van der Waals surface area contributed by atoms with E-state index in [1.165, 1.54) is 5.01 Å². The van der Waals surface area contributed by atoms with Crippen molar-refractivity contribution < 1.29 is 5.11 Å². The predicted molar refractivity (Wildman–Crippen MR) is 105 cm³/mol. The molecular formula is C15H30N10O. The Morgan fingerprint density at radius 1 is 1.42 bits per heavy atom. The number of rotatable bonds is 5. The number of nitrogens with one attached hydrogen (secondary N) is 2. The van der Waals surface area contributed by atoms with Crippen LogP contribution in [0, 0.1) is 0 Å². The van der Waals surface area contributed by atoms with Crippen molar-refractivity contribution in [3.63, 3.8) is 0 Å². The van der Waals surface area contributed by atoms with Crippen LogP contribution in [0.3, 0.4) is 0 Å². The fraction of sp³-hybridized carbons (Fsp3) is 0.667. The zero-order chi connectivity index (χ0) is 19.5. The van der Waals surface area contributed by atoms with Crippen molar-refractivity contribution in [1.82, 2.24) is 15.0 Å². The Morgan fingerprint density at radius 2 is 2.12 bits per heavy atom. The number of hydrogen-bond donors (Lipinski definition) is 6. The van der Waals surface area contributed by atoms with E-state index in [1.54, 1.807) is 7.05 Å². The minimum Gasteiger partial charge on any atom is -0.393 e. The van der Waals surface area contributed by atoms with E-state index in [9.17, 15) is 5.11 Å². The number of aliphatic hydroxyl groups is 1. The molecule has 1 unspecified atom stereocenters. The summed E-state index contributed by atoms with van der Waals surface area (Å²) in [6.07, 6.45) is 0.289. The van der Waals surface area contributed by atoms with E-state index in [-0.39, 0.29) is 18.2 Å². The Labute approximate surface area is 153 Å². The van der Waals surface area contributed by atoms with Crippen LogP contribution in [0.15, 0.2) is 5.10 Å². The molecule has 0 amide bonds. The highest BCUT2D eigenvalue weighted by atomic mass is 16.3. The van der Waals surface area contributed by atoms with Crippen LogP contribution >= 0.6 is 0 Å². The van der Waals surface area contributed by atoms with Gasteiger partial charge in [0.25, 0.3) is 0 Å². The summed E-state index contributed by atoms with van der Waals surface area (Å²) in [4.78, 5) is 11.0. The summed E-state index contributed by atoms with van der Waals surface area (Å²) in [5.41, 5.74) is 6.46. The summed E-state index contributed by atoms with van der Waals surface area (Å²) in [5.74, 6) is 12.9. The van der Waals surface area contributed by atoms with Gasteiger partial charge in [-0.3, -0.25) is 5.01 Å². The second-order valence-electron chi connectivity index (χ2n) is 7.41. The molecule has 0 radical (unpaired) electrons. The largest absolute Gasteiger partial charge is 0.393 e. The maximum absolute atomic E-state index is 9.84. The Bertz CT molecular complexity index is 655. The Morgan fingerprint density at radius 3 is 2.62 bits per heavy atom. The molecule has 1 aromatic rings. The van der Waals surface area contributed by atoms with Crippen molar-refractivity contribution in [1.29, 1.82) is 0 Å². The number of anilines is 4. The molecule has 0 aliphatic carbocycles. The van der Waals surface area contributed by atoms with E-state index in [0.29, 0.717) is 48.6 Å². The second-order valence-corrected chi connectivity index (χ2v) is 7.41. The van der Waals surface area contributed by atoms with Crippen molar-refractivity contribution in [2.75, 3.05) is 47.9 Å². The van der Waals surface area contributed by atoms with Crippen molar-refractivity contribution in [2.24, 2.45) is 16.8 Å². The van der Waals surface area contributed by atoms with Crippen LogP contribution in [-0.2, 0) is 0 Å². The predicted octanol–water partition coefficient (Wildman–Crippen LogP) is -0.670. The third kappa shape index (κ3) is 4.99. The van der Waals surface area contributed by atoms with Gasteiger partial charge < -0.3 is 32.2 Å². The number of nitrogen functional groups attached to an aromatic ring is 1. The molecule has 1 fully saturated rings. The summed E-state index contributed by atoms with van der Waals surface area (Å²) in [6, 6.07) is 0. The first-order chi connectivity index (χ1) is 12.1. The molecule has 1 saturated heterocycles. The molecule has 1 aliphatic heterocycles. The summed E-state index contributed by atoms with van der Waals surface area (Å²) in [7, 11) is 1.64. The molecule has 0 bridgehead atoms. The molecule has 9 N–H and O–H groups in total. The molecule has 2 rings (SSSR count). The van der Waals surface area contributed by atoms with E-state index in [4.69, 9.17) is 17.4 Å². The van der Waals surface area contributed by atoms with Gasteiger partial charge in [0.05, 0.1) is 12.6 Å². The van der Waals surface area contributed by atoms with Gasteiger partial charge in [-0.05, 0) is 27.2 Å². The van der Waals surface area contributed by atoms with Crippen molar-refractivity contribution >= 4 is 29.1 Å². The number of hydrazone groups is 1. The number of nitrogens with two attached hydrogens (primary N) is 3. The number of hydrazine groups is 1. The van der Waals surface area contributed by atoms with Crippen LogP contribution in [0.2, 0.25) is 0 Å². The lowest BCUT2D eigenvalue weighted by Crippen LogP contribution is -2.38. The molecule has 0 spiro atoms. The quantitative estimate of drug-likeness (QED) is 0.170. The molecule has 2 heterocycles. The molecule has 11 nitrogen and oxygen atoms in total. The molecule has 26 heavy (non-hydrogen) atoms. The van der Waals surface area contributed by atoms with E-state index in [2.05, 4.69) is 25.7 Å². The standard InChI is InChI=1S/C15H30N10O/c1-15(2,3)22-14-20-12(19-7-10(23-17)24(4)18)11(16)13(21-14)25-6-5-9(26)8-25/h9,26H,5-8,16-18H2,1-4H3,(H2,19,20,21,22)/b23-10-. The lowest BCUT2D eigenvalue weighted by molar-refractivity contribution is 0.198. The molecule has 1 atom stereocenters. The third-order valence-corrected chi connectivity index (χ3v) is 3.85. The van der Waals surface area contributed by atoms with Gasteiger partial charge >= 0.3 is 0 Å². The average molecular weight is 366 g/mol. The Balaban J connectivity index is 2.34. The SMILES string of the molecule is CN(N)/C(CNc1nc(NC(C)(C)C)nc(N2CCC(O)C2)c1N)=N\N. The molecule has 0 saturated carbocycles. The number of nitrogens with zero attached hydrogens (tertiary/aromatic N) is 5. The maximum Gasteiger partial charge on any atom is 0.227 e. The molecule has 1 aromatic heterocycles. The maximum atomic E-state index is 9.84. The summed E-state index contributed by atoms with van der Waals surface area (Å²) >= 11 is 0. The van der Waals surface area contributed by atoms with E-state index in [1.807, 2.05) is 25.7 Å². The van der Waals surface area contributed by atoms with Gasteiger partial charge in [-0.15, -0.1) is 0 Å². The number of amidine groups is 1. The fourth-order valence-electron chi connectivity index (χ4n) is 2.58. The summed E-state index contributed by atoms with van der Waals surface area (Å²) in [5, 5.41) is 21.2. The van der Waals surface area contributed by atoms with Crippen molar-refractivity contribution in [3.8, 4) is 0 Å². The van der Waals surface area contributed by atoms with Gasteiger partial charge in [-0.2, -0.15) is 15.1 Å². The van der Waals surface area contributed by atoms with Crippen molar-refractivity contribution in [3.05, 3.63) is 0 Å². The van der Waals surface area contributed by atoms with E-state index < -0.39 is 0 Å². The lowest BCUT2D eigenvalue weighted by Gasteiger charge is -2.25. The van der Waals surface area contributed by atoms with Gasteiger partial charge in [-0.1, -0.05) is 0 Å². The van der Waals surface area contributed by atoms with Gasteiger partial charge in [0.1, 0.15) is 5.69 Å². The molecule has 0 aromatic carbocycles. The zero-order valence-corrected chi connectivity index (χ0v) is 15.8. The average Bonchev–Trinajstić information content (AvgIpc) is 2.95. The van der Waals surface area contributed by atoms with Crippen LogP contribution < -0.4 is 33.0 Å². The van der Waals surface area contributed by atoms with Crippen molar-refractivity contribution in [2.45, 2.75) is 38.8 Å². The second kappa shape index (κ2) is 7.79. The molecular weight excluding hydrogens is 336 g/mol. The normalized spacial score (nSPS) is 18.2. The Hall–Kier alpha value is -2.53. The highest BCUT2D eigenvalue weighted by molar-refractivity contribution is 5.87. The molecule has 1 aliphatic rings. The Kier molecular flexibility index (Phi) is 5.93. The molecule has 146 valence electrons. The van der Waals surface area contributed by atoms with E-state index in [0.717, 1.165) is 0 Å². The van der Waals surface area contributed by atoms with E-state index >= 15 is 0 Å². The zero-order valence-electron chi connectivity index (χ0n) is 15.8. The molecule has 11 heteroatoms. The van der Waals surface area contributed by atoms with Gasteiger partial charge in [-0.25, -0.2) is 5.84 Å². The van der Waals surface area contributed by atoms with Gasteiger partial charge in [0, 0.05) is 25.7 Å². The summed E-state index contributed by atoms with van der Waals surface area (Å²) in [6.45, 7) is 7.46. The highest BCUT2D eigenvalue weighted by Gasteiger charge is 2.26. The first-order valence-electron chi connectivity index (χ1n) is 8.48. The van der Waals surface area contributed by atoms with Gasteiger partial charge in [0.2, 0.25) is 5.95 Å². The number of hydrogen-bond acceptors (Lipinski definition) is 10. The number of likely N-dealkylation sites (N-methyl/N-ethyl adjacent to an activating group) is 1. The third-order valence-electron chi connectivity index (χ3n) is 3.85. The fourth-order valence-corrected chi connectivity index (χ4v) is 2.58. The number of aliphatic hydroxyl groups excluding tert-OH is 1. The van der Waals surface area contributed by atoms with Crippen LogP contribution in [0.1, 0.15) is 27.2 Å². The minimum atomic E-state index is -0.387. The topological polar surface area (TPSA) is 167 Å². The summed E-state index contributed by atoms with van der Waals surface area (Å²) < 4.78 is 0.